The van der Waals surface area contributed by atoms with E-state index in [4.69, 9.17) is 9.52 Å². The van der Waals surface area contributed by atoms with Crippen LogP contribution in [0.3, 0.4) is 0 Å². The fraction of sp³-hybridized carbons (Fsp3) is 0.0833. The highest BCUT2D eigenvalue weighted by Crippen LogP contribution is 2.20. The molecule has 1 aromatic carbocycles. The molecule has 2 aromatic rings. The average molecular weight is 314 g/mol. The van der Waals surface area contributed by atoms with Crippen LogP contribution >= 0.6 is 15.9 Å². The van der Waals surface area contributed by atoms with Crippen LogP contribution < -0.4 is 5.32 Å². The summed E-state index contributed by atoms with van der Waals surface area (Å²) in [6.45, 7) is 0.286. The Labute approximate surface area is 111 Å². The number of carboxylic acid groups (broad SMARTS) is 1. The highest BCUT2D eigenvalue weighted by atomic mass is 79.9. The Balaban J connectivity index is 2.02. The van der Waals surface area contributed by atoms with E-state index in [9.17, 15) is 9.18 Å². The molecule has 1 aromatic heterocycles. The van der Waals surface area contributed by atoms with Crippen molar-refractivity contribution >= 4 is 27.6 Å². The lowest BCUT2D eigenvalue weighted by atomic mass is 10.3. The van der Waals surface area contributed by atoms with Gasteiger partial charge in [0.25, 0.3) is 0 Å². The lowest BCUT2D eigenvalue weighted by Crippen LogP contribution is -1.99. The van der Waals surface area contributed by atoms with Crippen LogP contribution in [0.2, 0.25) is 0 Å². The third-order valence-electron chi connectivity index (χ3n) is 2.26. The van der Waals surface area contributed by atoms with Crippen LogP contribution in [-0.4, -0.2) is 11.1 Å². The Morgan fingerprint density at radius 3 is 2.78 bits per heavy atom. The molecule has 2 rings (SSSR count). The highest BCUT2D eigenvalue weighted by molar-refractivity contribution is 9.10. The molecule has 0 aliphatic carbocycles. The highest BCUT2D eigenvalue weighted by Gasteiger charge is 2.08. The summed E-state index contributed by atoms with van der Waals surface area (Å²) in [5.41, 5.74) is 0.587. The first kappa shape index (κ1) is 12.6. The van der Waals surface area contributed by atoms with Gasteiger partial charge in [-0.3, -0.25) is 0 Å². The van der Waals surface area contributed by atoms with Gasteiger partial charge in [0.05, 0.1) is 11.0 Å². The molecule has 4 nitrogen and oxygen atoms in total. The maximum atomic E-state index is 13.2. The predicted octanol–water partition coefficient (Wildman–Crippen LogP) is 3.49. The van der Waals surface area contributed by atoms with Crippen molar-refractivity contribution in [2.75, 3.05) is 5.32 Å². The van der Waals surface area contributed by atoms with Crippen molar-refractivity contribution in [2.45, 2.75) is 6.54 Å². The maximum Gasteiger partial charge on any atom is 0.371 e. The van der Waals surface area contributed by atoms with Gasteiger partial charge in [-0.05, 0) is 46.3 Å². The van der Waals surface area contributed by atoms with E-state index in [1.165, 1.54) is 12.1 Å². The zero-order chi connectivity index (χ0) is 13.1. The smallest absolute Gasteiger partial charge is 0.371 e. The predicted molar refractivity (Wildman–Crippen MR) is 67.1 cm³/mol. The summed E-state index contributed by atoms with van der Waals surface area (Å²) < 4.78 is 18.7. The van der Waals surface area contributed by atoms with Crippen LogP contribution in [-0.2, 0) is 6.54 Å². The van der Waals surface area contributed by atoms with Crippen LogP contribution in [0.15, 0.2) is 39.2 Å². The topological polar surface area (TPSA) is 62.5 Å². The Morgan fingerprint density at radius 1 is 1.39 bits per heavy atom. The number of hydrogen-bond acceptors (Lipinski definition) is 3. The van der Waals surface area contributed by atoms with Crippen LogP contribution in [0.25, 0.3) is 0 Å². The third-order valence-corrected chi connectivity index (χ3v) is 2.90. The Hall–Kier alpha value is -1.82. The molecule has 0 atom stereocenters. The minimum atomic E-state index is -1.11. The lowest BCUT2D eigenvalue weighted by molar-refractivity contribution is 0.0660. The summed E-state index contributed by atoms with van der Waals surface area (Å²) in [5, 5.41) is 11.6. The van der Waals surface area contributed by atoms with Crippen molar-refractivity contribution in [1.82, 2.24) is 0 Å². The van der Waals surface area contributed by atoms with Crippen molar-refractivity contribution in [3.05, 3.63) is 52.1 Å². The largest absolute Gasteiger partial charge is 0.475 e. The van der Waals surface area contributed by atoms with E-state index < -0.39 is 5.97 Å². The van der Waals surface area contributed by atoms with Gasteiger partial charge in [0.15, 0.2) is 0 Å². The Morgan fingerprint density at radius 2 is 2.17 bits per heavy atom. The SMILES string of the molecule is O=C(O)c1ccc(CNc2ccc(Br)c(F)c2)o1. The quantitative estimate of drug-likeness (QED) is 0.907. The van der Waals surface area contributed by atoms with E-state index >= 15 is 0 Å². The first-order chi connectivity index (χ1) is 8.56. The standard InChI is InChI=1S/C12H9BrFNO3/c13-9-3-1-7(5-10(9)14)15-6-8-2-4-11(18-8)12(16)17/h1-5,15H,6H2,(H,16,17). The minimum absolute atomic E-state index is 0.117. The molecule has 0 bridgehead atoms. The molecule has 18 heavy (non-hydrogen) atoms. The van der Waals surface area contributed by atoms with Crippen LogP contribution in [0.4, 0.5) is 10.1 Å². The van der Waals surface area contributed by atoms with Crippen molar-refractivity contribution in [2.24, 2.45) is 0 Å². The second-order valence-electron chi connectivity index (χ2n) is 3.55. The van der Waals surface area contributed by atoms with Crippen molar-refractivity contribution in [1.29, 1.82) is 0 Å². The summed E-state index contributed by atoms with van der Waals surface area (Å²) in [5.74, 6) is -1.13. The summed E-state index contributed by atoms with van der Waals surface area (Å²) >= 11 is 3.06. The van der Waals surface area contributed by atoms with E-state index in [0.29, 0.717) is 15.9 Å². The number of hydrogen-bond donors (Lipinski definition) is 2. The van der Waals surface area contributed by atoms with Gasteiger partial charge < -0.3 is 14.8 Å². The number of carbonyl (C=O) groups is 1. The number of anilines is 1. The third kappa shape index (κ3) is 2.89. The fourth-order valence-corrected chi connectivity index (χ4v) is 1.63. The lowest BCUT2D eigenvalue weighted by Gasteiger charge is -2.05. The number of carboxylic acids is 1. The van der Waals surface area contributed by atoms with Gasteiger partial charge in [0.1, 0.15) is 11.6 Å². The zero-order valence-electron chi connectivity index (χ0n) is 9.11. The number of halogens is 2. The van der Waals surface area contributed by atoms with E-state index in [-0.39, 0.29) is 18.1 Å². The first-order valence-electron chi connectivity index (χ1n) is 5.07. The molecular formula is C12H9BrFNO3. The molecule has 0 saturated carbocycles. The second kappa shape index (κ2) is 5.22. The maximum absolute atomic E-state index is 13.2. The van der Waals surface area contributed by atoms with Crippen LogP contribution in [0, 0.1) is 5.82 Å². The molecule has 1 heterocycles. The van der Waals surface area contributed by atoms with Crippen LogP contribution in [0.5, 0.6) is 0 Å². The van der Waals surface area contributed by atoms with E-state index in [1.807, 2.05) is 0 Å². The number of rotatable bonds is 4. The van der Waals surface area contributed by atoms with Gasteiger partial charge in [-0.25, -0.2) is 9.18 Å². The molecule has 0 amide bonds. The molecule has 94 valence electrons. The molecule has 0 saturated heterocycles. The Kier molecular flexibility index (Phi) is 3.66. The van der Waals surface area contributed by atoms with E-state index in [0.717, 1.165) is 0 Å². The van der Waals surface area contributed by atoms with Crippen molar-refractivity contribution < 1.29 is 18.7 Å². The monoisotopic (exact) mass is 313 g/mol. The fourth-order valence-electron chi connectivity index (χ4n) is 1.38. The molecule has 0 unspecified atom stereocenters. The second-order valence-corrected chi connectivity index (χ2v) is 4.41. The number of furan rings is 1. The normalized spacial score (nSPS) is 10.3. The molecule has 0 aliphatic heterocycles. The van der Waals surface area contributed by atoms with Crippen LogP contribution in [0.1, 0.15) is 16.3 Å². The zero-order valence-corrected chi connectivity index (χ0v) is 10.7. The van der Waals surface area contributed by atoms with Gasteiger partial charge in [-0.15, -0.1) is 0 Å². The van der Waals surface area contributed by atoms with Crippen molar-refractivity contribution in [3.63, 3.8) is 0 Å². The summed E-state index contributed by atoms with van der Waals surface area (Å²) in [7, 11) is 0. The van der Waals surface area contributed by atoms with E-state index in [1.54, 1.807) is 18.2 Å². The molecule has 0 fully saturated rings. The molecule has 0 spiro atoms. The first-order valence-corrected chi connectivity index (χ1v) is 5.86. The number of aromatic carboxylic acids is 1. The molecule has 0 radical (unpaired) electrons. The Bertz CT molecular complexity index is 582. The number of benzene rings is 1. The molecule has 0 aliphatic rings. The average Bonchev–Trinajstić information content (AvgIpc) is 2.79. The molecular weight excluding hydrogens is 305 g/mol. The molecule has 2 N–H and O–H groups in total. The van der Waals surface area contributed by atoms with E-state index in [2.05, 4.69) is 21.2 Å². The van der Waals surface area contributed by atoms with Crippen molar-refractivity contribution in [3.8, 4) is 0 Å². The number of nitrogens with one attached hydrogen (secondary N) is 1. The molecule has 6 heteroatoms. The van der Waals surface area contributed by atoms with Gasteiger partial charge in [0, 0.05) is 5.69 Å². The van der Waals surface area contributed by atoms with Gasteiger partial charge >= 0.3 is 5.97 Å². The summed E-state index contributed by atoms with van der Waals surface area (Å²) in [4.78, 5) is 10.6. The summed E-state index contributed by atoms with van der Waals surface area (Å²) in [6, 6.07) is 7.56. The summed E-state index contributed by atoms with van der Waals surface area (Å²) in [6.07, 6.45) is 0. The van der Waals surface area contributed by atoms with Gasteiger partial charge in [-0.2, -0.15) is 0 Å². The minimum Gasteiger partial charge on any atom is -0.475 e. The van der Waals surface area contributed by atoms with Gasteiger partial charge in [0.2, 0.25) is 5.76 Å². The van der Waals surface area contributed by atoms with Gasteiger partial charge in [-0.1, -0.05) is 0 Å².